The molecule has 0 unspecified atom stereocenters. The van der Waals surface area contributed by atoms with Crippen LogP contribution in [-0.2, 0) is 28.7 Å². The van der Waals surface area contributed by atoms with Crippen LogP contribution in [-0.4, -0.2) is 31.7 Å². The number of nitrogens with one attached hydrogen (secondary N) is 2. The van der Waals surface area contributed by atoms with Crippen molar-refractivity contribution in [2.24, 2.45) is 0 Å². The lowest BCUT2D eigenvalue weighted by Gasteiger charge is -2.08. The molecule has 0 fully saturated rings. The van der Waals surface area contributed by atoms with Crippen LogP contribution in [0, 0.1) is 0 Å². The molecule has 0 saturated heterocycles. The van der Waals surface area contributed by atoms with E-state index in [1.165, 1.54) is 6.26 Å². The summed E-state index contributed by atoms with van der Waals surface area (Å²) in [6, 6.07) is 13.4. The van der Waals surface area contributed by atoms with Gasteiger partial charge in [-0.05, 0) is 29.3 Å². The topological polar surface area (TPSA) is 93.3 Å². The quantitative estimate of drug-likeness (QED) is 0.592. The summed E-state index contributed by atoms with van der Waals surface area (Å²) in [7, 11) is -3.01. The molecule has 29 heavy (non-hydrogen) atoms. The molecule has 2 N–H and O–H groups in total. The lowest BCUT2D eigenvalue weighted by atomic mass is 10.1. The molecule has 0 saturated carbocycles. The van der Waals surface area contributed by atoms with Crippen LogP contribution in [0.5, 0.6) is 11.5 Å². The van der Waals surface area contributed by atoms with Crippen molar-refractivity contribution in [2.45, 2.75) is 18.8 Å². The van der Waals surface area contributed by atoms with E-state index in [1.807, 2.05) is 48.7 Å². The van der Waals surface area contributed by atoms with Gasteiger partial charge in [-0.15, -0.1) is 12.4 Å². The Morgan fingerprint density at radius 2 is 1.76 bits per heavy atom. The van der Waals surface area contributed by atoms with Crippen LogP contribution in [0.4, 0.5) is 0 Å². The first kappa shape index (κ1) is 21.2. The molecule has 1 aliphatic rings. The van der Waals surface area contributed by atoms with Crippen molar-refractivity contribution in [1.29, 1.82) is 0 Å². The van der Waals surface area contributed by atoms with Gasteiger partial charge in [0.15, 0.2) is 21.3 Å². The number of sulfone groups is 1. The number of hydrogen-bond donors (Lipinski definition) is 2. The van der Waals surface area contributed by atoms with E-state index in [1.54, 1.807) is 0 Å². The van der Waals surface area contributed by atoms with Crippen molar-refractivity contribution in [1.82, 2.24) is 15.5 Å². The van der Waals surface area contributed by atoms with Crippen molar-refractivity contribution in [3.63, 3.8) is 0 Å². The third-order valence-electron chi connectivity index (χ3n) is 4.48. The zero-order valence-electron chi connectivity index (χ0n) is 15.8. The van der Waals surface area contributed by atoms with E-state index in [4.69, 9.17) is 9.47 Å². The number of fused-ring (bicyclic) bond motifs is 1. The van der Waals surface area contributed by atoms with Gasteiger partial charge in [0.25, 0.3) is 0 Å². The standard InChI is InChI=1S/C20H21N3O4S.ClH/c1-28(24,25)12-15-4-2-14(3-5-15)9-21-10-17-11-22-23-20(17)16-6-7-18-19(8-16)27-13-26-18;/h2-8,11,21H,9-10,12-13H2,1H3,(H,22,23);1H. The van der Waals surface area contributed by atoms with E-state index in [0.29, 0.717) is 13.1 Å². The number of hydrogen-bond acceptors (Lipinski definition) is 6. The van der Waals surface area contributed by atoms with Crippen LogP contribution in [0.1, 0.15) is 16.7 Å². The average molecular weight is 436 g/mol. The van der Waals surface area contributed by atoms with Crippen molar-refractivity contribution >= 4 is 22.2 Å². The number of rotatable bonds is 7. The minimum absolute atomic E-state index is 0. The Kier molecular flexibility index (Phi) is 6.46. The maximum atomic E-state index is 11.4. The Morgan fingerprint density at radius 1 is 1.03 bits per heavy atom. The Hall–Kier alpha value is -2.55. The van der Waals surface area contributed by atoms with Gasteiger partial charge in [-0.1, -0.05) is 24.3 Å². The molecule has 9 heteroatoms. The predicted octanol–water partition coefficient (Wildman–Crippen LogP) is 3.06. The van der Waals surface area contributed by atoms with E-state index in [0.717, 1.165) is 39.4 Å². The van der Waals surface area contributed by atoms with Gasteiger partial charge < -0.3 is 14.8 Å². The Labute approximate surface area is 175 Å². The van der Waals surface area contributed by atoms with Crippen LogP contribution < -0.4 is 14.8 Å². The zero-order valence-corrected chi connectivity index (χ0v) is 17.5. The number of halogens is 1. The molecule has 0 radical (unpaired) electrons. The summed E-state index contributed by atoms with van der Waals surface area (Å²) in [5, 5.41) is 10.6. The molecule has 0 spiro atoms. The maximum absolute atomic E-state index is 11.4. The van der Waals surface area contributed by atoms with Gasteiger partial charge in [-0.2, -0.15) is 5.10 Å². The molecule has 7 nitrogen and oxygen atoms in total. The van der Waals surface area contributed by atoms with Crippen molar-refractivity contribution < 1.29 is 17.9 Å². The van der Waals surface area contributed by atoms with Gasteiger partial charge in [0.1, 0.15) is 0 Å². The van der Waals surface area contributed by atoms with Crippen LogP contribution in [0.15, 0.2) is 48.7 Å². The maximum Gasteiger partial charge on any atom is 0.231 e. The molecule has 0 bridgehead atoms. The van der Waals surface area contributed by atoms with Crippen LogP contribution >= 0.6 is 12.4 Å². The summed E-state index contributed by atoms with van der Waals surface area (Å²) in [5.74, 6) is 1.55. The third kappa shape index (κ3) is 5.29. The molecule has 3 aromatic rings. The highest BCUT2D eigenvalue weighted by atomic mass is 35.5. The van der Waals surface area contributed by atoms with Crippen molar-refractivity contribution in [2.75, 3.05) is 13.0 Å². The number of H-pyrrole nitrogens is 1. The van der Waals surface area contributed by atoms with E-state index in [-0.39, 0.29) is 25.0 Å². The highest BCUT2D eigenvalue weighted by Crippen LogP contribution is 2.36. The zero-order chi connectivity index (χ0) is 19.6. The minimum Gasteiger partial charge on any atom is -0.454 e. The summed E-state index contributed by atoms with van der Waals surface area (Å²) in [6.45, 7) is 1.56. The van der Waals surface area contributed by atoms with Gasteiger partial charge >= 0.3 is 0 Å². The summed E-state index contributed by atoms with van der Waals surface area (Å²) >= 11 is 0. The molecule has 2 heterocycles. The van der Waals surface area contributed by atoms with E-state index >= 15 is 0 Å². The highest BCUT2D eigenvalue weighted by Gasteiger charge is 2.16. The monoisotopic (exact) mass is 435 g/mol. The molecule has 0 atom stereocenters. The fraction of sp³-hybridized carbons (Fsp3) is 0.250. The largest absolute Gasteiger partial charge is 0.454 e. The van der Waals surface area contributed by atoms with E-state index in [2.05, 4.69) is 15.5 Å². The van der Waals surface area contributed by atoms with Gasteiger partial charge in [0.05, 0.1) is 17.6 Å². The minimum atomic E-state index is -3.01. The van der Waals surface area contributed by atoms with E-state index in [9.17, 15) is 8.42 Å². The molecule has 0 aliphatic carbocycles. The summed E-state index contributed by atoms with van der Waals surface area (Å²) in [4.78, 5) is 0. The number of nitrogens with zero attached hydrogens (tertiary/aromatic N) is 1. The number of ether oxygens (including phenoxy) is 2. The van der Waals surface area contributed by atoms with Gasteiger partial charge in [0.2, 0.25) is 6.79 Å². The number of aromatic amines is 1. The van der Waals surface area contributed by atoms with Crippen LogP contribution in [0.25, 0.3) is 11.3 Å². The first-order valence-corrected chi connectivity index (χ1v) is 10.9. The lowest BCUT2D eigenvalue weighted by Crippen LogP contribution is -2.13. The Morgan fingerprint density at radius 3 is 2.52 bits per heavy atom. The fourth-order valence-corrected chi connectivity index (χ4v) is 3.94. The normalized spacial score (nSPS) is 12.6. The van der Waals surface area contributed by atoms with Crippen molar-refractivity contribution in [3.8, 4) is 22.8 Å². The average Bonchev–Trinajstić information content (AvgIpc) is 3.30. The summed E-state index contributed by atoms with van der Waals surface area (Å²) in [6.07, 6.45) is 3.05. The molecule has 154 valence electrons. The van der Waals surface area contributed by atoms with Crippen LogP contribution in [0.3, 0.4) is 0 Å². The summed E-state index contributed by atoms with van der Waals surface area (Å²) in [5.41, 5.74) is 4.86. The smallest absolute Gasteiger partial charge is 0.231 e. The molecule has 1 aromatic heterocycles. The molecule has 1 aliphatic heterocycles. The molecule has 0 amide bonds. The molecular weight excluding hydrogens is 414 g/mol. The predicted molar refractivity (Wildman–Crippen MR) is 113 cm³/mol. The van der Waals surface area contributed by atoms with E-state index < -0.39 is 9.84 Å². The van der Waals surface area contributed by atoms with Gasteiger partial charge in [-0.25, -0.2) is 8.42 Å². The first-order valence-electron chi connectivity index (χ1n) is 8.86. The second kappa shape index (κ2) is 8.86. The van der Waals surface area contributed by atoms with Crippen molar-refractivity contribution in [3.05, 3.63) is 65.4 Å². The summed E-state index contributed by atoms with van der Waals surface area (Å²) < 4.78 is 33.5. The van der Waals surface area contributed by atoms with Gasteiger partial charge in [-0.3, -0.25) is 5.10 Å². The molecular formula is C20H22ClN3O4S. The second-order valence-corrected chi connectivity index (χ2v) is 8.97. The second-order valence-electron chi connectivity index (χ2n) is 6.83. The number of aromatic nitrogens is 2. The van der Waals surface area contributed by atoms with Gasteiger partial charge in [0, 0.05) is 30.5 Å². The molecule has 4 rings (SSSR count). The Balaban J connectivity index is 0.00000240. The SMILES string of the molecule is CS(=O)(=O)Cc1ccc(CNCc2cn[nH]c2-c2ccc3c(c2)OCO3)cc1.Cl. The number of benzene rings is 2. The highest BCUT2D eigenvalue weighted by molar-refractivity contribution is 7.89. The Bertz CT molecular complexity index is 1080. The third-order valence-corrected chi connectivity index (χ3v) is 5.33. The van der Waals surface area contributed by atoms with Crippen LogP contribution in [0.2, 0.25) is 0 Å². The fourth-order valence-electron chi connectivity index (χ4n) is 3.14. The lowest BCUT2D eigenvalue weighted by molar-refractivity contribution is 0.174. The molecule has 2 aromatic carbocycles. The first-order chi connectivity index (χ1) is 13.5.